The number of ether oxygens (including phenoxy) is 3. The number of sulfonamides is 1. The summed E-state index contributed by atoms with van der Waals surface area (Å²) in [5.41, 5.74) is -2.62. The van der Waals surface area contributed by atoms with Gasteiger partial charge in [0.1, 0.15) is 11.9 Å². The monoisotopic (exact) mass is 575 g/mol. The van der Waals surface area contributed by atoms with E-state index in [9.17, 15) is 40.7 Å². The van der Waals surface area contributed by atoms with Gasteiger partial charge in [-0.25, -0.2) is 12.8 Å². The predicted molar refractivity (Wildman–Crippen MR) is 128 cm³/mol. The Balaban J connectivity index is 1.69. The number of hydrogen-bond donors (Lipinski definition) is 1. The minimum absolute atomic E-state index is 0.0255. The number of carbonyl (C=O) groups is 2. The molecule has 2 aliphatic rings. The smallest absolute Gasteiger partial charge is 0.427 e. The molecule has 14 heteroatoms. The number of aliphatic carboxylic acids is 1. The van der Waals surface area contributed by atoms with Gasteiger partial charge < -0.3 is 19.3 Å². The summed E-state index contributed by atoms with van der Waals surface area (Å²) in [6.45, 7) is 1.12. The summed E-state index contributed by atoms with van der Waals surface area (Å²) in [7, 11) is -3.23. The first-order valence-corrected chi connectivity index (χ1v) is 13.2. The van der Waals surface area contributed by atoms with Gasteiger partial charge in [-0.1, -0.05) is 6.07 Å². The van der Waals surface area contributed by atoms with E-state index in [4.69, 9.17) is 9.47 Å². The SMILES string of the molecule is COc1cc(S(=O)(=O)N2C[C@H]([C@H]3C[C@@H]3C(=O)O)Oc3ccc(CC(=O)OC(C)(C)C(F)(F)F)cc32)ccc1F. The average Bonchev–Trinajstić information content (AvgIpc) is 3.64. The summed E-state index contributed by atoms with van der Waals surface area (Å²) < 4.78 is 97.2. The highest BCUT2D eigenvalue weighted by Crippen LogP contribution is 2.48. The highest BCUT2D eigenvalue weighted by atomic mass is 32.2. The summed E-state index contributed by atoms with van der Waals surface area (Å²) in [5.74, 6) is -4.45. The van der Waals surface area contributed by atoms with E-state index in [2.05, 4.69) is 4.74 Å². The summed E-state index contributed by atoms with van der Waals surface area (Å²) in [6.07, 6.45) is -5.94. The van der Waals surface area contributed by atoms with Crippen molar-refractivity contribution in [3.63, 3.8) is 0 Å². The van der Waals surface area contributed by atoms with Gasteiger partial charge in [0.05, 0.1) is 36.6 Å². The van der Waals surface area contributed by atoms with Crippen molar-refractivity contribution in [2.75, 3.05) is 18.0 Å². The number of esters is 1. The van der Waals surface area contributed by atoms with Crippen molar-refractivity contribution in [3.05, 3.63) is 47.8 Å². The largest absolute Gasteiger partial charge is 0.494 e. The standard InChI is InChI=1S/C25H25F4NO8S/c1-24(2,25(27,28)29)38-22(31)9-13-4-7-19-18(8-13)30(12-21(37-19)15-11-16(15)23(32)33)39(34,35)14-5-6-17(26)20(10-14)36-3/h4-8,10,15-16,21H,9,11-12H2,1-3H3,(H,32,33)/t15-,16-,21+/m0/s1. The minimum atomic E-state index is -4.81. The van der Waals surface area contributed by atoms with Crippen LogP contribution in [-0.2, 0) is 30.8 Å². The second-order valence-electron chi connectivity index (χ2n) is 9.79. The first kappa shape index (κ1) is 28.5. The van der Waals surface area contributed by atoms with Crippen LogP contribution in [0, 0.1) is 17.7 Å². The van der Waals surface area contributed by atoms with Crippen LogP contribution in [0.2, 0.25) is 0 Å². The second-order valence-corrected chi connectivity index (χ2v) is 11.7. The third kappa shape index (κ3) is 5.60. The van der Waals surface area contributed by atoms with Crippen LogP contribution in [0.25, 0.3) is 0 Å². The molecule has 0 spiro atoms. The van der Waals surface area contributed by atoms with Crippen molar-refractivity contribution in [3.8, 4) is 11.5 Å². The molecule has 0 bridgehead atoms. The first-order valence-electron chi connectivity index (χ1n) is 11.7. The first-order chi connectivity index (χ1) is 18.0. The summed E-state index contributed by atoms with van der Waals surface area (Å²) in [6, 6.07) is 6.94. The number of carboxylic acids is 1. The van der Waals surface area contributed by atoms with Crippen molar-refractivity contribution in [1.29, 1.82) is 0 Å². The zero-order valence-electron chi connectivity index (χ0n) is 21.0. The molecule has 0 saturated heterocycles. The van der Waals surface area contributed by atoms with Gasteiger partial charge in [0.2, 0.25) is 5.60 Å². The molecule has 2 aromatic carbocycles. The topological polar surface area (TPSA) is 119 Å². The van der Waals surface area contributed by atoms with Gasteiger partial charge in [0.15, 0.2) is 11.6 Å². The van der Waals surface area contributed by atoms with Crippen molar-refractivity contribution in [2.45, 2.75) is 49.5 Å². The van der Waals surface area contributed by atoms with Gasteiger partial charge in [-0.2, -0.15) is 13.2 Å². The maximum atomic E-state index is 14.0. The molecule has 1 aliphatic carbocycles. The number of rotatable bonds is 8. The van der Waals surface area contributed by atoms with Gasteiger partial charge in [0, 0.05) is 12.0 Å². The maximum absolute atomic E-state index is 14.0. The van der Waals surface area contributed by atoms with E-state index >= 15 is 0 Å². The number of alkyl halides is 3. The number of nitrogens with zero attached hydrogens (tertiary/aromatic N) is 1. The Hall–Kier alpha value is -3.55. The molecular formula is C25H25F4NO8S. The number of halogens is 4. The van der Waals surface area contributed by atoms with Crippen molar-refractivity contribution >= 4 is 27.6 Å². The Morgan fingerprint density at radius 3 is 2.44 bits per heavy atom. The lowest BCUT2D eigenvalue weighted by atomic mass is 10.1. The van der Waals surface area contributed by atoms with E-state index in [1.807, 2.05) is 0 Å². The second kappa shape index (κ2) is 9.88. The van der Waals surface area contributed by atoms with Crippen LogP contribution >= 0.6 is 0 Å². The van der Waals surface area contributed by atoms with E-state index < -0.39 is 63.9 Å². The fourth-order valence-corrected chi connectivity index (χ4v) is 5.76. The van der Waals surface area contributed by atoms with Crippen molar-refractivity contribution < 1.29 is 54.9 Å². The Bertz CT molecular complexity index is 1410. The number of carboxylic acid groups (broad SMARTS) is 1. The molecule has 1 saturated carbocycles. The summed E-state index contributed by atoms with van der Waals surface area (Å²) in [5, 5.41) is 9.34. The molecule has 1 fully saturated rings. The normalized spacial score (nSPS) is 21.0. The molecule has 1 aliphatic heterocycles. The van der Waals surface area contributed by atoms with Crippen LogP contribution in [0.15, 0.2) is 41.3 Å². The fourth-order valence-electron chi connectivity index (χ4n) is 4.26. The minimum Gasteiger partial charge on any atom is -0.494 e. The number of carbonyl (C=O) groups excluding carboxylic acids is 1. The van der Waals surface area contributed by atoms with Crippen LogP contribution in [-0.4, -0.2) is 57.0 Å². The highest BCUT2D eigenvalue weighted by molar-refractivity contribution is 7.92. The Morgan fingerprint density at radius 2 is 1.85 bits per heavy atom. The molecule has 0 radical (unpaired) electrons. The van der Waals surface area contributed by atoms with Crippen LogP contribution in [0.1, 0.15) is 25.8 Å². The van der Waals surface area contributed by atoms with Crippen LogP contribution in [0.3, 0.4) is 0 Å². The van der Waals surface area contributed by atoms with Crippen LogP contribution in [0.5, 0.6) is 11.5 Å². The molecule has 9 nitrogen and oxygen atoms in total. The lowest BCUT2D eigenvalue weighted by molar-refractivity contribution is -0.257. The van der Waals surface area contributed by atoms with Gasteiger partial charge in [-0.15, -0.1) is 0 Å². The van der Waals surface area contributed by atoms with Crippen molar-refractivity contribution in [1.82, 2.24) is 0 Å². The van der Waals surface area contributed by atoms with E-state index in [1.165, 1.54) is 25.3 Å². The summed E-state index contributed by atoms with van der Waals surface area (Å²) >= 11 is 0. The van der Waals surface area contributed by atoms with Crippen LogP contribution < -0.4 is 13.8 Å². The van der Waals surface area contributed by atoms with Gasteiger partial charge >= 0.3 is 18.1 Å². The zero-order chi connectivity index (χ0) is 28.9. The molecule has 0 aromatic heterocycles. The molecular weight excluding hydrogens is 550 g/mol. The molecule has 212 valence electrons. The van der Waals surface area contributed by atoms with Crippen LogP contribution in [0.4, 0.5) is 23.2 Å². The third-order valence-corrected chi connectivity index (χ3v) is 8.44. The summed E-state index contributed by atoms with van der Waals surface area (Å²) in [4.78, 5) is 23.4. The fraction of sp³-hybridized carbons (Fsp3) is 0.440. The van der Waals surface area contributed by atoms with E-state index in [0.29, 0.717) is 13.8 Å². The zero-order valence-corrected chi connectivity index (χ0v) is 21.8. The molecule has 0 amide bonds. The van der Waals surface area contributed by atoms with Gasteiger partial charge in [-0.05, 0) is 50.1 Å². The quantitative estimate of drug-likeness (QED) is 0.372. The number of hydrogen-bond acceptors (Lipinski definition) is 7. The molecule has 1 heterocycles. The van der Waals surface area contributed by atoms with Crippen molar-refractivity contribution in [2.24, 2.45) is 11.8 Å². The molecule has 3 atom stereocenters. The number of benzene rings is 2. The highest BCUT2D eigenvalue weighted by Gasteiger charge is 2.52. The maximum Gasteiger partial charge on any atom is 0.427 e. The van der Waals surface area contributed by atoms with E-state index in [1.54, 1.807) is 0 Å². The molecule has 39 heavy (non-hydrogen) atoms. The van der Waals surface area contributed by atoms with E-state index in [0.717, 1.165) is 22.5 Å². The molecule has 4 rings (SSSR count). The Labute approximate surface area is 221 Å². The number of anilines is 1. The molecule has 1 N–H and O–H groups in total. The predicted octanol–water partition coefficient (Wildman–Crippen LogP) is 3.94. The average molecular weight is 576 g/mol. The Kier molecular flexibility index (Phi) is 7.21. The molecule has 2 aromatic rings. The van der Waals surface area contributed by atoms with Gasteiger partial charge in [0.25, 0.3) is 10.0 Å². The number of fused-ring (bicyclic) bond motifs is 1. The molecule has 0 unspecified atom stereocenters. The van der Waals surface area contributed by atoms with E-state index in [-0.39, 0.29) is 40.6 Å². The number of methoxy groups -OCH3 is 1. The lowest BCUT2D eigenvalue weighted by Gasteiger charge is -2.36. The van der Waals surface area contributed by atoms with Gasteiger partial charge in [-0.3, -0.25) is 13.9 Å². The Morgan fingerprint density at radius 1 is 1.15 bits per heavy atom. The third-order valence-electron chi connectivity index (χ3n) is 6.66. The lowest BCUT2D eigenvalue weighted by Crippen LogP contribution is -2.45.